The summed E-state index contributed by atoms with van der Waals surface area (Å²) in [6, 6.07) is 15.7. The molecule has 0 nitrogen and oxygen atoms in total. The van der Waals surface area contributed by atoms with Crippen LogP contribution in [0.3, 0.4) is 0 Å². The van der Waals surface area contributed by atoms with Crippen LogP contribution in [0.1, 0.15) is 128 Å². The van der Waals surface area contributed by atoms with E-state index >= 15 is 0 Å². The lowest BCUT2D eigenvalue weighted by molar-refractivity contribution is 0.552. The molecule has 0 atom stereocenters. The van der Waals surface area contributed by atoms with Crippen LogP contribution in [0.4, 0.5) is 0 Å². The zero-order chi connectivity index (χ0) is 22.5. The van der Waals surface area contributed by atoms with Crippen molar-refractivity contribution in [3.63, 3.8) is 0 Å². The summed E-state index contributed by atoms with van der Waals surface area (Å²) >= 11 is 0. The van der Waals surface area contributed by atoms with Gasteiger partial charge >= 0.3 is 0 Å². The minimum atomic E-state index is 1.23. The zero-order valence-corrected chi connectivity index (χ0v) is 21.1. The first-order chi connectivity index (χ1) is 15.9. The molecular weight excluding hydrogens is 384 g/mol. The SMILES string of the molecule is CCCCCCCC/C=C/CCCCCCCCCCCCc1ccc2ccccc2c1. The second kappa shape index (κ2) is 19.0. The number of hydrogen-bond donors (Lipinski definition) is 0. The van der Waals surface area contributed by atoms with Crippen molar-refractivity contribution in [1.29, 1.82) is 0 Å². The number of rotatable bonds is 20. The summed E-state index contributed by atoms with van der Waals surface area (Å²) in [7, 11) is 0. The van der Waals surface area contributed by atoms with Gasteiger partial charge in [0.25, 0.3) is 0 Å². The van der Waals surface area contributed by atoms with Gasteiger partial charge in [0.05, 0.1) is 0 Å². The van der Waals surface area contributed by atoms with E-state index in [0.29, 0.717) is 0 Å². The molecule has 2 aromatic rings. The van der Waals surface area contributed by atoms with Gasteiger partial charge in [-0.1, -0.05) is 145 Å². The highest BCUT2D eigenvalue weighted by Crippen LogP contribution is 2.18. The predicted molar refractivity (Wildman–Crippen MR) is 146 cm³/mol. The molecule has 0 bridgehead atoms. The minimum absolute atomic E-state index is 1.23. The predicted octanol–water partition coefficient (Wildman–Crippen LogP) is 11.0. The normalized spacial score (nSPS) is 11.7. The fourth-order valence-corrected chi connectivity index (χ4v) is 4.68. The molecule has 0 heterocycles. The average molecular weight is 435 g/mol. The summed E-state index contributed by atoms with van der Waals surface area (Å²) in [5.74, 6) is 0. The summed E-state index contributed by atoms with van der Waals surface area (Å²) in [6.45, 7) is 2.29. The topological polar surface area (TPSA) is 0 Å². The fraction of sp³-hybridized carbons (Fsp3) is 0.625. The van der Waals surface area contributed by atoms with Gasteiger partial charge < -0.3 is 0 Å². The van der Waals surface area contributed by atoms with Crippen LogP contribution in [0.5, 0.6) is 0 Å². The van der Waals surface area contributed by atoms with Gasteiger partial charge in [0, 0.05) is 0 Å². The molecular formula is C32H50. The first kappa shape index (κ1) is 26.7. The molecule has 0 saturated heterocycles. The van der Waals surface area contributed by atoms with E-state index < -0.39 is 0 Å². The molecule has 2 rings (SSSR count). The van der Waals surface area contributed by atoms with Crippen molar-refractivity contribution >= 4 is 10.8 Å². The van der Waals surface area contributed by atoms with Crippen LogP contribution >= 0.6 is 0 Å². The van der Waals surface area contributed by atoms with Gasteiger partial charge in [-0.15, -0.1) is 0 Å². The van der Waals surface area contributed by atoms with E-state index in [4.69, 9.17) is 0 Å². The van der Waals surface area contributed by atoms with Crippen LogP contribution in [-0.4, -0.2) is 0 Å². The van der Waals surface area contributed by atoms with Gasteiger partial charge in [0.1, 0.15) is 0 Å². The van der Waals surface area contributed by atoms with Gasteiger partial charge in [-0.25, -0.2) is 0 Å². The third-order valence-corrected chi connectivity index (χ3v) is 6.79. The summed E-state index contributed by atoms with van der Waals surface area (Å²) in [5, 5.41) is 2.74. The molecule has 0 saturated carbocycles. The number of allylic oxidation sites excluding steroid dienone is 2. The molecule has 32 heavy (non-hydrogen) atoms. The second-order valence-corrected chi connectivity index (χ2v) is 9.78. The van der Waals surface area contributed by atoms with Crippen LogP contribution in [-0.2, 0) is 6.42 Å². The molecule has 0 aliphatic rings. The van der Waals surface area contributed by atoms with E-state index in [1.807, 2.05) is 0 Å². The van der Waals surface area contributed by atoms with Crippen molar-refractivity contribution in [2.45, 2.75) is 129 Å². The Balaban J connectivity index is 1.31. The number of hydrogen-bond acceptors (Lipinski definition) is 0. The highest BCUT2D eigenvalue weighted by atomic mass is 14.0. The van der Waals surface area contributed by atoms with Crippen LogP contribution in [0.2, 0.25) is 0 Å². The lowest BCUT2D eigenvalue weighted by atomic mass is 10.0. The van der Waals surface area contributed by atoms with Crippen molar-refractivity contribution in [3.05, 3.63) is 60.2 Å². The highest BCUT2D eigenvalue weighted by molar-refractivity contribution is 5.82. The van der Waals surface area contributed by atoms with Gasteiger partial charge in [0.15, 0.2) is 0 Å². The zero-order valence-electron chi connectivity index (χ0n) is 21.1. The number of aryl methyl sites for hydroxylation is 1. The number of benzene rings is 2. The Kier molecular flexibility index (Phi) is 15.8. The van der Waals surface area contributed by atoms with Crippen LogP contribution in [0.15, 0.2) is 54.6 Å². The molecule has 0 amide bonds. The summed E-state index contributed by atoms with van der Waals surface area (Å²) < 4.78 is 0. The van der Waals surface area contributed by atoms with Gasteiger partial charge in [0.2, 0.25) is 0 Å². The Hall–Kier alpha value is -1.56. The van der Waals surface area contributed by atoms with Crippen LogP contribution < -0.4 is 0 Å². The third-order valence-electron chi connectivity index (χ3n) is 6.79. The van der Waals surface area contributed by atoms with E-state index in [1.54, 1.807) is 0 Å². The first-order valence-corrected chi connectivity index (χ1v) is 14.0. The Bertz CT molecular complexity index is 711. The first-order valence-electron chi connectivity index (χ1n) is 14.0. The largest absolute Gasteiger partial charge is 0.0885 e. The van der Waals surface area contributed by atoms with E-state index in [1.165, 1.54) is 138 Å². The molecule has 0 unspecified atom stereocenters. The Morgan fingerprint density at radius 1 is 0.500 bits per heavy atom. The van der Waals surface area contributed by atoms with Crippen molar-refractivity contribution in [1.82, 2.24) is 0 Å². The number of fused-ring (bicyclic) bond motifs is 1. The lowest BCUT2D eigenvalue weighted by Gasteiger charge is -2.05. The monoisotopic (exact) mass is 434 g/mol. The maximum absolute atomic E-state index is 2.43. The molecule has 0 N–H and O–H groups in total. The molecule has 0 aliphatic heterocycles. The smallest absolute Gasteiger partial charge is 0.0181 e. The van der Waals surface area contributed by atoms with Crippen molar-refractivity contribution < 1.29 is 0 Å². The molecule has 0 aromatic heterocycles. The molecule has 0 fully saturated rings. The average Bonchev–Trinajstić information content (AvgIpc) is 2.82. The molecule has 178 valence electrons. The molecule has 0 radical (unpaired) electrons. The maximum Gasteiger partial charge on any atom is -0.0181 e. The maximum atomic E-state index is 2.43. The van der Waals surface area contributed by atoms with E-state index in [0.717, 1.165) is 0 Å². The quantitative estimate of drug-likeness (QED) is 0.143. The van der Waals surface area contributed by atoms with Crippen LogP contribution in [0.25, 0.3) is 10.8 Å². The van der Waals surface area contributed by atoms with Gasteiger partial charge in [-0.3, -0.25) is 0 Å². The molecule has 2 aromatic carbocycles. The lowest BCUT2D eigenvalue weighted by Crippen LogP contribution is -1.87. The Morgan fingerprint density at radius 3 is 1.59 bits per heavy atom. The molecule has 0 spiro atoms. The second-order valence-electron chi connectivity index (χ2n) is 9.78. The standard InChI is InChI=1S/C32H50/c1-2-3-4-5-6-7-8-9-10-11-12-13-14-15-16-17-18-19-20-21-24-30-27-28-31-25-22-23-26-32(31)29-30/h9-10,22-23,25-29H,2-8,11-21,24H2,1H3/b10-9+. The van der Waals surface area contributed by atoms with Crippen molar-refractivity contribution in [2.75, 3.05) is 0 Å². The highest BCUT2D eigenvalue weighted by Gasteiger charge is 1.98. The van der Waals surface area contributed by atoms with Crippen molar-refractivity contribution in [3.8, 4) is 0 Å². The van der Waals surface area contributed by atoms with Crippen LogP contribution in [0, 0.1) is 0 Å². The fourth-order valence-electron chi connectivity index (χ4n) is 4.68. The van der Waals surface area contributed by atoms with E-state index in [9.17, 15) is 0 Å². The van der Waals surface area contributed by atoms with Gasteiger partial charge in [-0.2, -0.15) is 0 Å². The molecule has 0 aliphatic carbocycles. The molecule has 0 heteroatoms. The summed E-state index contributed by atoms with van der Waals surface area (Å²) in [5.41, 5.74) is 1.50. The number of unbranched alkanes of at least 4 members (excludes halogenated alkanes) is 16. The van der Waals surface area contributed by atoms with Crippen molar-refractivity contribution in [2.24, 2.45) is 0 Å². The minimum Gasteiger partial charge on any atom is -0.0885 e. The Labute approximate surface area is 199 Å². The van der Waals surface area contributed by atoms with Gasteiger partial charge in [-0.05, 0) is 54.9 Å². The van der Waals surface area contributed by atoms with E-state index in [-0.39, 0.29) is 0 Å². The van der Waals surface area contributed by atoms with E-state index in [2.05, 4.69) is 61.5 Å². The third kappa shape index (κ3) is 13.1. The summed E-state index contributed by atoms with van der Waals surface area (Å²) in [4.78, 5) is 0. The summed E-state index contributed by atoms with van der Waals surface area (Å²) in [6.07, 6.45) is 31.3. The Morgan fingerprint density at radius 2 is 1.00 bits per heavy atom.